The molecule has 0 aliphatic heterocycles. The van der Waals surface area contributed by atoms with Gasteiger partial charge in [0.1, 0.15) is 0 Å². The summed E-state index contributed by atoms with van der Waals surface area (Å²) < 4.78 is 0. The Morgan fingerprint density at radius 2 is 0.815 bits per heavy atom. The predicted molar refractivity (Wildman–Crippen MR) is 234 cm³/mol. The Morgan fingerprint density at radius 3 is 1.43 bits per heavy atom. The number of fused-ring (bicyclic) bond motifs is 6. The number of hydrogen-bond donors (Lipinski definition) is 0. The van der Waals surface area contributed by atoms with Crippen LogP contribution in [0.4, 0.5) is 0 Å². The number of rotatable bonds is 4. The van der Waals surface area contributed by atoms with E-state index in [1.165, 1.54) is 99.1 Å². The second-order valence-electron chi connectivity index (χ2n) is 14.8. The van der Waals surface area contributed by atoms with Crippen molar-refractivity contribution in [1.82, 2.24) is 0 Å². The van der Waals surface area contributed by atoms with Crippen LogP contribution in [0.25, 0.3) is 88.0 Å². The molecule has 258 valence electrons. The summed E-state index contributed by atoms with van der Waals surface area (Å²) in [5.74, 6) is 0. The standard InChI is InChI=1S/C51H36.C3H6/c1-51(2)47-27-15-14-21-38(47)39-29-28-36(32-48(39)51)37-20-8-9-22-40(37)49-41-23-10-12-25-43(41)50(44-26-13-11-24-42(44)49)46-31-35-19-7-6-18-34(35)30-45(46)33-16-4-3-5-17-33;1-3-2/h3-32H,1-2H3;3H,1H2,2H3. The molecule has 0 radical (unpaired) electrons. The average molecular weight is 691 g/mol. The molecule has 0 unspecified atom stereocenters. The highest BCUT2D eigenvalue weighted by Crippen LogP contribution is 2.52. The molecule has 1 aliphatic rings. The van der Waals surface area contributed by atoms with Crippen LogP contribution in [0.3, 0.4) is 0 Å². The first-order valence-electron chi connectivity index (χ1n) is 18.9. The summed E-state index contributed by atoms with van der Waals surface area (Å²) in [7, 11) is 0. The highest BCUT2D eigenvalue weighted by molar-refractivity contribution is 6.24. The minimum Gasteiger partial charge on any atom is -0.103 e. The monoisotopic (exact) mass is 690 g/mol. The highest BCUT2D eigenvalue weighted by atomic mass is 14.4. The summed E-state index contributed by atoms with van der Waals surface area (Å²) in [6.07, 6.45) is 1.75. The van der Waals surface area contributed by atoms with Gasteiger partial charge in [-0.25, -0.2) is 0 Å². The summed E-state index contributed by atoms with van der Waals surface area (Å²) in [5, 5.41) is 7.55. The lowest BCUT2D eigenvalue weighted by atomic mass is 9.80. The molecule has 0 atom stereocenters. The van der Waals surface area contributed by atoms with Crippen molar-refractivity contribution < 1.29 is 0 Å². The molecule has 54 heavy (non-hydrogen) atoms. The van der Waals surface area contributed by atoms with Crippen LogP contribution in [0.2, 0.25) is 0 Å². The first-order valence-corrected chi connectivity index (χ1v) is 18.9. The molecule has 0 amide bonds. The maximum atomic E-state index is 3.36. The van der Waals surface area contributed by atoms with Crippen molar-refractivity contribution in [3.8, 4) is 55.6 Å². The van der Waals surface area contributed by atoms with Gasteiger partial charge in [-0.2, -0.15) is 0 Å². The summed E-state index contributed by atoms with van der Waals surface area (Å²) in [5.41, 5.74) is 15.5. The maximum Gasteiger partial charge on any atom is 0.0159 e. The van der Waals surface area contributed by atoms with E-state index in [4.69, 9.17) is 0 Å². The Bertz CT molecular complexity index is 2810. The van der Waals surface area contributed by atoms with Crippen LogP contribution in [0.1, 0.15) is 31.9 Å². The van der Waals surface area contributed by atoms with Crippen LogP contribution in [-0.4, -0.2) is 0 Å². The zero-order chi connectivity index (χ0) is 36.8. The molecule has 10 rings (SSSR count). The quantitative estimate of drug-likeness (QED) is 0.127. The van der Waals surface area contributed by atoms with Gasteiger partial charge in [-0.3, -0.25) is 0 Å². The molecule has 9 aromatic rings. The summed E-state index contributed by atoms with van der Waals surface area (Å²) >= 11 is 0. The SMILES string of the molecule is C=CC.CC1(C)c2ccccc2-c2ccc(-c3ccccc3-c3c4ccccc4c(-c4cc5ccccc5cc4-c4ccccc4)c4ccccc34)cc21. The average Bonchev–Trinajstić information content (AvgIpc) is 3.45. The minimum atomic E-state index is -0.0613. The van der Waals surface area contributed by atoms with Gasteiger partial charge in [0.15, 0.2) is 0 Å². The third-order valence-electron chi connectivity index (χ3n) is 11.3. The molecule has 0 heteroatoms. The van der Waals surface area contributed by atoms with Crippen LogP contribution in [-0.2, 0) is 5.41 Å². The van der Waals surface area contributed by atoms with E-state index in [9.17, 15) is 0 Å². The largest absolute Gasteiger partial charge is 0.103 e. The fraction of sp³-hybridized carbons (Fsp3) is 0.0741. The highest BCUT2D eigenvalue weighted by Gasteiger charge is 2.35. The Hall–Kier alpha value is -6.50. The molecule has 0 heterocycles. The van der Waals surface area contributed by atoms with Crippen molar-refractivity contribution in [2.75, 3.05) is 0 Å². The first kappa shape index (κ1) is 33.3. The van der Waals surface area contributed by atoms with Gasteiger partial charge in [-0.1, -0.05) is 184 Å². The van der Waals surface area contributed by atoms with Crippen LogP contribution in [0, 0.1) is 0 Å². The van der Waals surface area contributed by atoms with Crippen molar-refractivity contribution in [3.63, 3.8) is 0 Å². The normalized spacial score (nSPS) is 12.6. The Kier molecular flexibility index (Phi) is 8.32. The molecule has 0 saturated heterocycles. The second kappa shape index (κ2) is 13.5. The van der Waals surface area contributed by atoms with Crippen LogP contribution >= 0.6 is 0 Å². The molecule has 0 N–H and O–H groups in total. The molecule has 0 saturated carbocycles. The van der Waals surface area contributed by atoms with E-state index < -0.39 is 0 Å². The van der Waals surface area contributed by atoms with Crippen molar-refractivity contribution in [1.29, 1.82) is 0 Å². The predicted octanol–water partition coefficient (Wildman–Crippen LogP) is 15.3. The third-order valence-corrected chi connectivity index (χ3v) is 11.3. The van der Waals surface area contributed by atoms with Gasteiger partial charge in [-0.15, -0.1) is 6.58 Å². The van der Waals surface area contributed by atoms with Crippen molar-refractivity contribution in [2.45, 2.75) is 26.2 Å². The summed E-state index contributed by atoms with van der Waals surface area (Å²) in [4.78, 5) is 0. The van der Waals surface area contributed by atoms with E-state index in [0.717, 1.165) is 0 Å². The maximum absolute atomic E-state index is 3.36. The molecule has 0 nitrogen and oxygen atoms in total. The summed E-state index contributed by atoms with van der Waals surface area (Å²) in [6.45, 7) is 9.98. The molecular weight excluding hydrogens is 649 g/mol. The van der Waals surface area contributed by atoms with E-state index in [1.807, 2.05) is 6.92 Å². The Labute approximate surface area is 318 Å². The number of benzene rings is 9. The van der Waals surface area contributed by atoms with Gasteiger partial charge in [0.2, 0.25) is 0 Å². The van der Waals surface area contributed by atoms with E-state index in [-0.39, 0.29) is 5.41 Å². The van der Waals surface area contributed by atoms with Gasteiger partial charge in [0, 0.05) is 5.41 Å². The van der Waals surface area contributed by atoms with E-state index in [2.05, 4.69) is 202 Å². The molecule has 0 bridgehead atoms. The van der Waals surface area contributed by atoms with Crippen LogP contribution in [0.15, 0.2) is 195 Å². The molecule has 9 aromatic carbocycles. The topological polar surface area (TPSA) is 0 Å². The van der Waals surface area contributed by atoms with Crippen molar-refractivity contribution >= 4 is 32.3 Å². The van der Waals surface area contributed by atoms with Gasteiger partial charge in [0.05, 0.1) is 0 Å². The van der Waals surface area contributed by atoms with Gasteiger partial charge < -0.3 is 0 Å². The van der Waals surface area contributed by atoms with Crippen LogP contribution < -0.4 is 0 Å². The number of hydrogen-bond acceptors (Lipinski definition) is 0. The molecule has 0 spiro atoms. The van der Waals surface area contributed by atoms with Gasteiger partial charge in [-0.05, 0) is 124 Å². The summed E-state index contributed by atoms with van der Waals surface area (Å²) in [6, 6.07) is 67.5. The lowest BCUT2D eigenvalue weighted by Crippen LogP contribution is -2.14. The zero-order valence-electron chi connectivity index (χ0n) is 31.1. The van der Waals surface area contributed by atoms with E-state index in [1.54, 1.807) is 6.08 Å². The molecule has 0 aromatic heterocycles. The molecule has 1 aliphatic carbocycles. The lowest BCUT2D eigenvalue weighted by molar-refractivity contribution is 0.660. The van der Waals surface area contributed by atoms with Crippen molar-refractivity contribution in [2.24, 2.45) is 0 Å². The van der Waals surface area contributed by atoms with E-state index in [0.29, 0.717) is 0 Å². The lowest BCUT2D eigenvalue weighted by Gasteiger charge is -2.23. The first-order chi connectivity index (χ1) is 26.5. The molecular formula is C54H42. The zero-order valence-corrected chi connectivity index (χ0v) is 31.1. The van der Waals surface area contributed by atoms with E-state index >= 15 is 0 Å². The number of allylic oxidation sites excluding steroid dienone is 1. The fourth-order valence-corrected chi connectivity index (χ4v) is 8.84. The Morgan fingerprint density at radius 1 is 0.370 bits per heavy atom. The van der Waals surface area contributed by atoms with Crippen LogP contribution in [0.5, 0.6) is 0 Å². The van der Waals surface area contributed by atoms with Crippen molar-refractivity contribution in [3.05, 3.63) is 206 Å². The fourth-order valence-electron chi connectivity index (χ4n) is 8.84. The van der Waals surface area contributed by atoms with Gasteiger partial charge >= 0.3 is 0 Å². The third kappa shape index (κ3) is 5.37. The minimum absolute atomic E-state index is 0.0613. The second-order valence-corrected chi connectivity index (χ2v) is 14.8. The van der Waals surface area contributed by atoms with Gasteiger partial charge in [0.25, 0.3) is 0 Å². The Balaban J connectivity index is 0.00000124. The smallest absolute Gasteiger partial charge is 0.0159 e. The molecule has 0 fully saturated rings.